The summed E-state index contributed by atoms with van der Waals surface area (Å²) in [7, 11) is -3.47. The number of rotatable bonds is 2. The molecule has 0 unspecified atom stereocenters. The number of fused-ring (bicyclic) bond motifs is 1. The minimum Gasteiger partial charge on any atom is -0.373 e. The molecule has 0 radical (unpaired) electrons. The molecule has 2 aromatic rings. The molecule has 0 aromatic heterocycles. The van der Waals surface area contributed by atoms with Crippen molar-refractivity contribution < 1.29 is 13.2 Å². The Bertz CT molecular complexity index is 768. The molecule has 21 heavy (non-hydrogen) atoms. The Labute approximate surface area is 125 Å². The van der Waals surface area contributed by atoms with Crippen molar-refractivity contribution in [2.75, 3.05) is 19.7 Å². The lowest BCUT2D eigenvalue weighted by Gasteiger charge is -2.37. The lowest BCUT2D eigenvalue weighted by Crippen LogP contribution is -2.50. The normalized spacial score (nSPS) is 19.7. The van der Waals surface area contributed by atoms with Crippen molar-refractivity contribution in [1.29, 1.82) is 0 Å². The monoisotopic (exact) mass is 305 g/mol. The van der Waals surface area contributed by atoms with Crippen LogP contribution in [0.3, 0.4) is 0 Å². The van der Waals surface area contributed by atoms with Gasteiger partial charge < -0.3 is 4.74 Å². The first-order valence-corrected chi connectivity index (χ1v) is 8.45. The van der Waals surface area contributed by atoms with Crippen LogP contribution in [-0.4, -0.2) is 38.0 Å². The van der Waals surface area contributed by atoms with Crippen molar-refractivity contribution in [3.63, 3.8) is 0 Å². The summed E-state index contributed by atoms with van der Waals surface area (Å²) in [6, 6.07) is 13.0. The maximum Gasteiger partial charge on any atom is 0.243 e. The highest BCUT2D eigenvalue weighted by Crippen LogP contribution is 2.25. The molecule has 0 saturated carbocycles. The van der Waals surface area contributed by atoms with E-state index in [4.69, 9.17) is 4.74 Å². The van der Waals surface area contributed by atoms with Crippen LogP contribution in [0.5, 0.6) is 0 Å². The number of hydrogen-bond acceptors (Lipinski definition) is 3. The number of benzene rings is 2. The highest BCUT2D eigenvalue weighted by atomic mass is 32.2. The fourth-order valence-corrected chi connectivity index (χ4v) is 4.27. The van der Waals surface area contributed by atoms with E-state index in [1.54, 1.807) is 12.1 Å². The summed E-state index contributed by atoms with van der Waals surface area (Å²) in [6.07, 6.45) is 0. The highest BCUT2D eigenvalue weighted by Gasteiger charge is 2.34. The van der Waals surface area contributed by atoms with E-state index >= 15 is 0 Å². The first-order chi connectivity index (χ1) is 9.88. The van der Waals surface area contributed by atoms with Gasteiger partial charge in [0.25, 0.3) is 0 Å². The largest absolute Gasteiger partial charge is 0.373 e. The molecule has 0 spiro atoms. The Morgan fingerprint density at radius 1 is 1.10 bits per heavy atom. The molecule has 1 fully saturated rings. The van der Waals surface area contributed by atoms with Crippen molar-refractivity contribution in [2.24, 2.45) is 0 Å². The third-order valence-electron chi connectivity index (χ3n) is 3.75. The molecule has 0 N–H and O–H groups in total. The van der Waals surface area contributed by atoms with Crippen molar-refractivity contribution in [3.8, 4) is 0 Å². The molecule has 0 amide bonds. The first kappa shape index (κ1) is 14.5. The van der Waals surface area contributed by atoms with E-state index in [2.05, 4.69) is 0 Å². The van der Waals surface area contributed by atoms with Crippen LogP contribution < -0.4 is 0 Å². The van der Waals surface area contributed by atoms with Crippen molar-refractivity contribution in [2.45, 2.75) is 24.3 Å². The van der Waals surface area contributed by atoms with Crippen LogP contribution in [0.15, 0.2) is 47.4 Å². The summed E-state index contributed by atoms with van der Waals surface area (Å²) in [5.74, 6) is 0. The molecule has 112 valence electrons. The zero-order valence-corrected chi connectivity index (χ0v) is 13.1. The number of morpholine rings is 1. The minimum atomic E-state index is -3.47. The van der Waals surface area contributed by atoms with Gasteiger partial charge in [-0.25, -0.2) is 8.42 Å². The SMILES string of the molecule is CC1(C)CN(S(=O)(=O)c2ccc3ccccc3c2)CCO1. The zero-order chi connectivity index (χ0) is 15.1. The minimum absolute atomic E-state index is 0.346. The molecule has 4 nitrogen and oxygen atoms in total. The average Bonchev–Trinajstić information content (AvgIpc) is 2.45. The summed E-state index contributed by atoms with van der Waals surface area (Å²) in [4.78, 5) is 0.346. The third-order valence-corrected chi connectivity index (χ3v) is 5.59. The van der Waals surface area contributed by atoms with E-state index in [-0.39, 0.29) is 0 Å². The maximum absolute atomic E-state index is 12.8. The second-order valence-electron chi connectivity index (χ2n) is 5.96. The molecule has 1 aliphatic rings. The Hall–Kier alpha value is -1.43. The van der Waals surface area contributed by atoms with Crippen LogP contribution in [0, 0.1) is 0 Å². The van der Waals surface area contributed by atoms with Gasteiger partial charge in [0, 0.05) is 13.1 Å². The van der Waals surface area contributed by atoms with Crippen LogP contribution in [0.4, 0.5) is 0 Å². The van der Waals surface area contributed by atoms with Crippen LogP contribution >= 0.6 is 0 Å². The van der Waals surface area contributed by atoms with Gasteiger partial charge >= 0.3 is 0 Å². The summed E-state index contributed by atoms with van der Waals surface area (Å²) in [6.45, 7) is 5.03. The van der Waals surface area contributed by atoms with E-state index in [0.29, 0.717) is 24.6 Å². The number of ether oxygens (including phenoxy) is 1. The molecule has 1 aliphatic heterocycles. The van der Waals surface area contributed by atoms with Crippen molar-refractivity contribution >= 4 is 20.8 Å². The Morgan fingerprint density at radius 3 is 2.52 bits per heavy atom. The molecule has 0 aliphatic carbocycles. The summed E-state index contributed by atoms with van der Waals surface area (Å²) >= 11 is 0. The van der Waals surface area contributed by atoms with E-state index < -0.39 is 15.6 Å². The van der Waals surface area contributed by atoms with Crippen molar-refractivity contribution in [3.05, 3.63) is 42.5 Å². The summed E-state index contributed by atoms with van der Waals surface area (Å²) < 4.78 is 32.7. The molecule has 0 bridgehead atoms. The highest BCUT2D eigenvalue weighted by molar-refractivity contribution is 7.89. The van der Waals surface area contributed by atoms with Crippen molar-refractivity contribution in [1.82, 2.24) is 4.31 Å². The Morgan fingerprint density at radius 2 is 1.81 bits per heavy atom. The van der Waals surface area contributed by atoms with Crippen LogP contribution in [0.25, 0.3) is 10.8 Å². The molecular formula is C16H19NO3S. The quantitative estimate of drug-likeness (QED) is 0.857. The molecule has 1 heterocycles. The van der Waals surface area contributed by atoms with Gasteiger partial charge in [-0.15, -0.1) is 0 Å². The van der Waals surface area contributed by atoms with E-state index in [1.807, 2.05) is 44.2 Å². The molecule has 3 rings (SSSR count). The maximum atomic E-state index is 12.8. The number of hydrogen-bond donors (Lipinski definition) is 0. The summed E-state index contributed by atoms with van der Waals surface area (Å²) in [5, 5.41) is 1.98. The second-order valence-corrected chi connectivity index (χ2v) is 7.89. The van der Waals surface area contributed by atoms with Gasteiger partial charge in [0.1, 0.15) is 0 Å². The van der Waals surface area contributed by atoms with Gasteiger partial charge in [0.15, 0.2) is 0 Å². The topological polar surface area (TPSA) is 46.6 Å². The predicted octanol–water partition coefficient (Wildman–Crippen LogP) is 2.64. The van der Waals surface area contributed by atoms with Gasteiger partial charge in [-0.1, -0.05) is 30.3 Å². The molecule has 0 atom stereocenters. The average molecular weight is 305 g/mol. The van der Waals surface area contributed by atoms with Gasteiger partial charge in [-0.2, -0.15) is 4.31 Å². The molecule has 1 saturated heterocycles. The van der Waals surface area contributed by atoms with Crippen LogP contribution in [-0.2, 0) is 14.8 Å². The molecule has 2 aromatic carbocycles. The van der Waals surface area contributed by atoms with Gasteiger partial charge in [0.05, 0.1) is 17.1 Å². The van der Waals surface area contributed by atoms with Crippen LogP contribution in [0.2, 0.25) is 0 Å². The van der Waals surface area contributed by atoms with Gasteiger partial charge in [0.2, 0.25) is 10.0 Å². The van der Waals surface area contributed by atoms with E-state index in [1.165, 1.54) is 4.31 Å². The smallest absolute Gasteiger partial charge is 0.243 e. The first-order valence-electron chi connectivity index (χ1n) is 7.01. The Balaban J connectivity index is 1.99. The van der Waals surface area contributed by atoms with Crippen LogP contribution in [0.1, 0.15) is 13.8 Å². The van der Waals surface area contributed by atoms with E-state index in [0.717, 1.165) is 10.8 Å². The third kappa shape index (κ3) is 2.81. The lowest BCUT2D eigenvalue weighted by atomic mass is 10.1. The fraction of sp³-hybridized carbons (Fsp3) is 0.375. The standard InChI is InChI=1S/C16H19NO3S/c1-16(2)12-17(9-10-20-16)21(18,19)15-8-7-13-5-3-4-6-14(13)11-15/h3-8,11H,9-10,12H2,1-2H3. The predicted molar refractivity (Wildman–Crippen MR) is 82.7 cm³/mol. The number of nitrogens with zero attached hydrogens (tertiary/aromatic N) is 1. The molecule has 5 heteroatoms. The second kappa shape index (κ2) is 5.09. The Kier molecular flexibility index (Phi) is 3.51. The van der Waals surface area contributed by atoms with Gasteiger partial charge in [-0.05, 0) is 36.8 Å². The zero-order valence-electron chi connectivity index (χ0n) is 12.2. The lowest BCUT2D eigenvalue weighted by molar-refractivity contribution is -0.0640. The number of sulfonamides is 1. The molecular weight excluding hydrogens is 286 g/mol. The van der Waals surface area contributed by atoms with E-state index in [9.17, 15) is 8.42 Å². The fourth-order valence-electron chi connectivity index (χ4n) is 2.66. The summed E-state index contributed by atoms with van der Waals surface area (Å²) in [5.41, 5.74) is -0.442. The van der Waals surface area contributed by atoms with Gasteiger partial charge in [-0.3, -0.25) is 0 Å².